The van der Waals surface area contributed by atoms with Crippen LogP contribution in [0.4, 0.5) is 0 Å². The Kier molecular flexibility index (Phi) is 6.15. The molecule has 0 radical (unpaired) electrons. The van der Waals surface area contributed by atoms with E-state index in [-0.39, 0.29) is 5.75 Å². The Balaban J connectivity index is 1.42. The molecule has 154 valence electrons. The average Bonchev–Trinajstić information content (AvgIpc) is 3.20. The first-order chi connectivity index (χ1) is 14.6. The van der Waals surface area contributed by atoms with Crippen LogP contribution in [0.25, 0.3) is 11.0 Å². The maximum absolute atomic E-state index is 12.8. The smallest absolute Gasteiger partial charge is 0.197 e. The van der Waals surface area contributed by atoms with Crippen LogP contribution in [0.3, 0.4) is 0 Å². The Morgan fingerprint density at radius 1 is 1.07 bits per heavy atom. The Morgan fingerprint density at radius 2 is 1.90 bits per heavy atom. The first-order valence-electron chi connectivity index (χ1n) is 9.56. The maximum Gasteiger partial charge on any atom is 0.197 e. The summed E-state index contributed by atoms with van der Waals surface area (Å²) in [5.74, 6) is 0.890. The van der Waals surface area contributed by atoms with Gasteiger partial charge in [0.15, 0.2) is 11.4 Å². The molecule has 2 unspecified atom stereocenters. The second-order valence-corrected chi connectivity index (χ2v) is 8.11. The molecule has 0 amide bonds. The number of para-hydroxylation sites is 2. The molecular formula is C22H22N4O3S. The first-order valence-corrected chi connectivity index (χ1v) is 10.9. The van der Waals surface area contributed by atoms with Gasteiger partial charge in [0.25, 0.3) is 0 Å². The number of nitrogens with one attached hydrogen (secondary N) is 1. The number of aromatic nitrogens is 4. The summed E-state index contributed by atoms with van der Waals surface area (Å²) in [5.41, 5.74) is 4.02. The zero-order valence-electron chi connectivity index (χ0n) is 16.7. The number of H-pyrrole nitrogens is 1. The molecule has 4 aromatic rings. The Labute approximate surface area is 177 Å². The number of hydrogen-bond acceptors (Lipinski definition) is 6. The molecule has 2 atom stereocenters. The SMILES string of the molecule is Cc1c(OC(C)OCc2ccccn2)ccnc1CS(=O)c1nc2ccccc2[nH]1. The third-order valence-electron chi connectivity index (χ3n) is 4.59. The van der Waals surface area contributed by atoms with Gasteiger partial charge in [-0.15, -0.1) is 0 Å². The second kappa shape index (κ2) is 9.15. The Bertz CT molecular complexity index is 1130. The molecule has 0 fully saturated rings. The topological polar surface area (TPSA) is 90.0 Å². The van der Waals surface area contributed by atoms with Crippen LogP contribution in [0.5, 0.6) is 5.75 Å². The minimum absolute atomic E-state index is 0.242. The zero-order chi connectivity index (χ0) is 20.9. The number of pyridine rings is 2. The van der Waals surface area contributed by atoms with E-state index in [1.54, 1.807) is 18.5 Å². The number of benzene rings is 1. The van der Waals surface area contributed by atoms with Gasteiger partial charge >= 0.3 is 0 Å². The predicted molar refractivity (Wildman–Crippen MR) is 114 cm³/mol. The highest BCUT2D eigenvalue weighted by Gasteiger charge is 2.16. The second-order valence-electron chi connectivity index (χ2n) is 6.75. The summed E-state index contributed by atoms with van der Waals surface area (Å²) in [6.45, 7) is 4.09. The normalized spacial score (nSPS) is 13.3. The Morgan fingerprint density at radius 3 is 2.70 bits per heavy atom. The molecule has 30 heavy (non-hydrogen) atoms. The van der Waals surface area contributed by atoms with Crippen LogP contribution in [-0.4, -0.2) is 30.4 Å². The van der Waals surface area contributed by atoms with Crippen molar-refractivity contribution >= 4 is 21.8 Å². The van der Waals surface area contributed by atoms with Gasteiger partial charge in [0.1, 0.15) is 5.75 Å². The van der Waals surface area contributed by atoms with Gasteiger partial charge in [0.2, 0.25) is 0 Å². The highest BCUT2D eigenvalue weighted by molar-refractivity contribution is 7.84. The van der Waals surface area contributed by atoms with Crippen molar-refractivity contribution in [1.82, 2.24) is 19.9 Å². The molecule has 3 heterocycles. The van der Waals surface area contributed by atoms with E-state index < -0.39 is 17.1 Å². The first kappa shape index (κ1) is 20.2. The lowest BCUT2D eigenvalue weighted by Gasteiger charge is -2.17. The predicted octanol–water partition coefficient (Wildman–Crippen LogP) is 3.91. The van der Waals surface area contributed by atoms with Gasteiger partial charge < -0.3 is 14.5 Å². The van der Waals surface area contributed by atoms with Gasteiger partial charge in [0, 0.05) is 18.0 Å². The number of rotatable bonds is 8. The summed E-state index contributed by atoms with van der Waals surface area (Å²) < 4.78 is 24.5. The highest BCUT2D eigenvalue weighted by Crippen LogP contribution is 2.23. The molecule has 4 rings (SSSR count). The van der Waals surface area contributed by atoms with Crippen LogP contribution >= 0.6 is 0 Å². The van der Waals surface area contributed by atoms with E-state index in [4.69, 9.17) is 9.47 Å². The summed E-state index contributed by atoms with van der Waals surface area (Å²) in [6.07, 6.45) is 2.91. The molecule has 8 heteroatoms. The number of nitrogens with zero attached hydrogens (tertiary/aromatic N) is 3. The van der Waals surface area contributed by atoms with E-state index in [1.807, 2.05) is 56.3 Å². The van der Waals surface area contributed by atoms with Gasteiger partial charge in [-0.3, -0.25) is 14.2 Å². The van der Waals surface area contributed by atoms with Gasteiger partial charge in [0.05, 0.1) is 45.6 Å². The standard InChI is InChI=1S/C22H22N4O3S/c1-15-20(14-30(27)22-25-18-8-3-4-9-19(18)26-22)24-12-10-21(15)29-16(2)28-13-17-7-5-6-11-23-17/h3-12,16H,13-14H2,1-2H3,(H,25,26). The fraction of sp³-hybridized carbons (Fsp3) is 0.227. The fourth-order valence-electron chi connectivity index (χ4n) is 2.96. The van der Waals surface area contributed by atoms with Crippen molar-refractivity contribution in [2.75, 3.05) is 0 Å². The lowest BCUT2D eigenvalue weighted by atomic mass is 10.2. The van der Waals surface area contributed by atoms with Crippen LogP contribution in [0.15, 0.2) is 66.1 Å². The number of imidazole rings is 1. The molecule has 0 saturated heterocycles. The van der Waals surface area contributed by atoms with Crippen LogP contribution in [0, 0.1) is 6.92 Å². The summed E-state index contributed by atoms with van der Waals surface area (Å²) >= 11 is 0. The van der Waals surface area contributed by atoms with E-state index in [0.717, 1.165) is 22.3 Å². The van der Waals surface area contributed by atoms with Gasteiger partial charge in [-0.05, 0) is 44.2 Å². The van der Waals surface area contributed by atoms with Crippen molar-refractivity contribution in [3.63, 3.8) is 0 Å². The minimum Gasteiger partial charge on any atom is -0.465 e. The number of fused-ring (bicyclic) bond motifs is 1. The molecule has 1 N–H and O–H groups in total. The van der Waals surface area contributed by atoms with Crippen LogP contribution in [0.1, 0.15) is 23.9 Å². The highest BCUT2D eigenvalue weighted by atomic mass is 32.2. The molecule has 0 aliphatic heterocycles. The van der Waals surface area contributed by atoms with E-state index in [0.29, 0.717) is 23.2 Å². The number of aromatic amines is 1. The van der Waals surface area contributed by atoms with Crippen molar-refractivity contribution in [1.29, 1.82) is 0 Å². The fourth-order valence-corrected chi connectivity index (χ4v) is 4.06. The largest absolute Gasteiger partial charge is 0.465 e. The van der Waals surface area contributed by atoms with Crippen molar-refractivity contribution < 1.29 is 13.7 Å². The van der Waals surface area contributed by atoms with E-state index in [1.165, 1.54) is 0 Å². The maximum atomic E-state index is 12.8. The molecule has 3 aromatic heterocycles. The van der Waals surface area contributed by atoms with Gasteiger partial charge in [-0.1, -0.05) is 18.2 Å². The zero-order valence-corrected chi connectivity index (χ0v) is 17.6. The van der Waals surface area contributed by atoms with Gasteiger partial charge in [-0.25, -0.2) is 4.98 Å². The third kappa shape index (κ3) is 4.72. The average molecular weight is 423 g/mol. The molecular weight excluding hydrogens is 400 g/mol. The van der Waals surface area contributed by atoms with Crippen molar-refractivity contribution in [3.8, 4) is 5.75 Å². The monoisotopic (exact) mass is 422 g/mol. The number of ether oxygens (including phenoxy) is 2. The molecule has 7 nitrogen and oxygen atoms in total. The third-order valence-corrected chi connectivity index (χ3v) is 5.76. The van der Waals surface area contributed by atoms with E-state index in [9.17, 15) is 4.21 Å². The van der Waals surface area contributed by atoms with Crippen molar-refractivity contribution in [3.05, 3.63) is 77.9 Å². The van der Waals surface area contributed by atoms with Gasteiger partial charge in [-0.2, -0.15) is 0 Å². The van der Waals surface area contributed by atoms with Crippen molar-refractivity contribution in [2.24, 2.45) is 0 Å². The Hall–Kier alpha value is -3.10. The lowest BCUT2D eigenvalue weighted by molar-refractivity contribution is -0.0772. The van der Waals surface area contributed by atoms with Crippen LogP contribution in [-0.2, 0) is 27.9 Å². The minimum atomic E-state index is -1.35. The number of hydrogen-bond donors (Lipinski definition) is 1. The summed E-state index contributed by atoms with van der Waals surface area (Å²) in [4.78, 5) is 16.2. The van der Waals surface area contributed by atoms with E-state index in [2.05, 4.69) is 19.9 Å². The quantitative estimate of drug-likeness (QED) is 0.433. The molecule has 0 aliphatic rings. The molecule has 0 aliphatic carbocycles. The van der Waals surface area contributed by atoms with E-state index >= 15 is 0 Å². The van der Waals surface area contributed by atoms with Crippen LogP contribution < -0.4 is 4.74 Å². The summed E-state index contributed by atoms with van der Waals surface area (Å²) in [5, 5.41) is 0.441. The molecule has 0 bridgehead atoms. The molecule has 0 saturated carbocycles. The summed E-state index contributed by atoms with van der Waals surface area (Å²) in [6, 6.07) is 15.1. The lowest BCUT2D eigenvalue weighted by Crippen LogP contribution is -2.17. The van der Waals surface area contributed by atoms with Crippen LogP contribution in [0.2, 0.25) is 0 Å². The molecule has 0 spiro atoms. The van der Waals surface area contributed by atoms with Crippen molar-refractivity contribution in [2.45, 2.75) is 37.7 Å². The summed E-state index contributed by atoms with van der Waals surface area (Å²) in [7, 11) is -1.35. The molecule has 1 aromatic carbocycles.